The zero-order valence-electron chi connectivity index (χ0n) is 8.78. The van der Waals surface area contributed by atoms with E-state index in [0.29, 0.717) is 17.4 Å². The van der Waals surface area contributed by atoms with Gasteiger partial charge in [0.2, 0.25) is 0 Å². The second kappa shape index (κ2) is 5.38. The molecule has 0 radical (unpaired) electrons. The molecule has 0 aromatic heterocycles. The van der Waals surface area contributed by atoms with Gasteiger partial charge in [-0.1, -0.05) is 12.8 Å². The van der Waals surface area contributed by atoms with E-state index in [2.05, 4.69) is 11.8 Å². The fourth-order valence-corrected chi connectivity index (χ4v) is 3.78. The van der Waals surface area contributed by atoms with Crippen LogP contribution in [-0.4, -0.2) is 29.8 Å². The first kappa shape index (κ1) is 10.8. The summed E-state index contributed by atoms with van der Waals surface area (Å²) >= 11 is 2.05. The maximum Gasteiger partial charge on any atom is 0.0666 e. The fraction of sp³-hybridized carbons (Fsp3) is 1.00. The Labute approximate surface area is 91.0 Å². The van der Waals surface area contributed by atoms with Gasteiger partial charge in [0.25, 0.3) is 0 Å². The van der Waals surface area contributed by atoms with Crippen molar-refractivity contribution in [2.24, 2.45) is 5.73 Å². The van der Waals surface area contributed by atoms with Crippen molar-refractivity contribution in [1.82, 2.24) is 0 Å². The first-order valence-corrected chi connectivity index (χ1v) is 6.90. The molecule has 0 amide bonds. The molecule has 0 aromatic rings. The number of ether oxygens (including phenoxy) is 1. The molecule has 2 nitrogen and oxygen atoms in total. The molecule has 3 heteroatoms. The molecular weight excluding hydrogens is 194 g/mol. The molecular formula is C11H21NOS. The van der Waals surface area contributed by atoms with Crippen molar-refractivity contribution in [3.05, 3.63) is 0 Å². The maximum atomic E-state index is 6.10. The summed E-state index contributed by atoms with van der Waals surface area (Å²) in [5.41, 5.74) is 6.10. The normalized spacial score (nSPS) is 38.8. The minimum Gasteiger partial charge on any atom is -0.377 e. The fourth-order valence-electron chi connectivity index (χ4n) is 2.34. The number of nitrogens with two attached hydrogens (primary N) is 1. The van der Waals surface area contributed by atoms with Gasteiger partial charge in [0, 0.05) is 23.7 Å². The highest BCUT2D eigenvalue weighted by molar-refractivity contribution is 8.00. The van der Waals surface area contributed by atoms with Gasteiger partial charge in [0.05, 0.1) is 6.10 Å². The molecule has 2 fully saturated rings. The van der Waals surface area contributed by atoms with Gasteiger partial charge in [-0.3, -0.25) is 0 Å². The third kappa shape index (κ3) is 2.88. The minimum atomic E-state index is 0.440. The van der Waals surface area contributed by atoms with E-state index in [9.17, 15) is 0 Å². The van der Waals surface area contributed by atoms with E-state index < -0.39 is 0 Å². The predicted octanol–water partition coefficient (Wildman–Crippen LogP) is 2.17. The average molecular weight is 215 g/mol. The van der Waals surface area contributed by atoms with Gasteiger partial charge in [0.1, 0.15) is 0 Å². The van der Waals surface area contributed by atoms with Crippen LogP contribution >= 0.6 is 11.8 Å². The lowest BCUT2D eigenvalue weighted by Gasteiger charge is -2.28. The van der Waals surface area contributed by atoms with Crippen molar-refractivity contribution in [1.29, 1.82) is 0 Å². The highest BCUT2D eigenvalue weighted by Gasteiger charge is 2.24. The van der Waals surface area contributed by atoms with Gasteiger partial charge in [0.15, 0.2) is 0 Å². The Morgan fingerprint density at radius 3 is 2.71 bits per heavy atom. The van der Waals surface area contributed by atoms with Crippen LogP contribution in [0.15, 0.2) is 0 Å². The SMILES string of the molecule is NC1CCCCC1SCC1CCCO1. The summed E-state index contributed by atoms with van der Waals surface area (Å²) < 4.78 is 5.62. The Balaban J connectivity index is 1.67. The van der Waals surface area contributed by atoms with Crippen LogP contribution in [0.25, 0.3) is 0 Å². The summed E-state index contributed by atoms with van der Waals surface area (Å²) in [6.07, 6.45) is 8.28. The first-order valence-electron chi connectivity index (χ1n) is 5.85. The van der Waals surface area contributed by atoms with Crippen LogP contribution in [0.4, 0.5) is 0 Å². The molecule has 1 saturated carbocycles. The maximum absolute atomic E-state index is 6.10. The smallest absolute Gasteiger partial charge is 0.0666 e. The van der Waals surface area contributed by atoms with Gasteiger partial charge < -0.3 is 10.5 Å². The lowest BCUT2D eigenvalue weighted by molar-refractivity contribution is 0.128. The zero-order chi connectivity index (χ0) is 9.80. The largest absolute Gasteiger partial charge is 0.377 e. The lowest BCUT2D eigenvalue weighted by atomic mass is 9.96. The quantitative estimate of drug-likeness (QED) is 0.783. The Kier molecular flexibility index (Phi) is 4.14. The van der Waals surface area contributed by atoms with E-state index in [0.717, 1.165) is 6.61 Å². The summed E-state index contributed by atoms with van der Waals surface area (Å²) in [5, 5.41) is 0.702. The number of rotatable bonds is 3. The zero-order valence-corrected chi connectivity index (χ0v) is 9.60. The number of thioether (sulfide) groups is 1. The Bertz CT molecular complexity index is 171. The molecule has 3 unspecified atom stereocenters. The van der Waals surface area contributed by atoms with Crippen molar-refractivity contribution < 1.29 is 4.74 Å². The monoisotopic (exact) mass is 215 g/mol. The molecule has 14 heavy (non-hydrogen) atoms. The molecule has 0 bridgehead atoms. The highest BCUT2D eigenvalue weighted by atomic mass is 32.2. The van der Waals surface area contributed by atoms with E-state index in [1.165, 1.54) is 44.3 Å². The minimum absolute atomic E-state index is 0.440. The van der Waals surface area contributed by atoms with Crippen LogP contribution in [0.5, 0.6) is 0 Å². The predicted molar refractivity (Wildman–Crippen MR) is 61.7 cm³/mol. The topological polar surface area (TPSA) is 35.2 Å². The molecule has 82 valence electrons. The molecule has 1 aliphatic carbocycles. The van der Waals surface area contributed by atoms with E-state index in [1.807, 2.05) is 0 Å². The number of hydrogen-bond acceptors (Lipinski definition) is 3. The van der Waals surface area contributed by atoms with Crippen LogP contribution in [0.3, 0.4) is 0 Å². The molecule has 2 N–H and O–H groups in total. The summed E-state index contributed by atoms with van der Waals surface area (Å²) in [4.78, 5) is 0. The third-order valence-corrected chi connectivity index (χ3v) is 4.85. The van der Waals surface area contributed by atoms with Gasteiger partial charge in [-0.2, -0.15) is 11.8 Å². The lowest BCUT2D eigenvalue weighted by Crippen LogP contribution is -2.36. The standard InChI is InChI=1S/C11H21NOS/c12-10-5-1-2-6-11(10)14-8-9-4-3-7-13-9/h9-11H,1-8,12H2. The first-order chi connectivity index (χ1) is 6.86. The van der Waals surface area contributed by atoms with Crippen LogP contribution in [-0.2, 0) is 4.74 Å². The van der Waals surface area contributed by atoms with Crippen molar-refractivity contribution >= 4 is 11.8 Å². The van der Waals surface area contributed by atoms with Crippen LogP contribution < -0.4 is 5.73 Å². The molecule has 0 aromatic carbocycles. The van der Waals surface area contributed by atoms with Crippen LogP contribution in [0, 0.1) is 0 Å². The Hall–Kier alpha value is 0.270. The molecule has 0 spiro atoms. The average Bonchev–Trinajstić information content (AvgIpc) is 2.69. The van der Waals surface area contributed by atoms with Gasteiger partial charge in [-0.05, 0) is 25.7 Å². The van der Waals surface area contributed by atoms with Gasteiger partial charge in [-0.15, -0.1) is 0 Å². The highest BCUT2D eigenvalue weighted by Crippen LogP contribution is 2.29. The van der Waals surface area contributed by atoms with Crippen LogP contribution in [0.2, 0.25) is 0 Å². The van der Waals surface area contributed by atoms with Crippen molar-refractivity contribution in [2.45, 2.75) is 55.9 Å². The summed E-state index contributed by atoms with van der Waals surface area (Å²) in [6.45, 7) is 0.974. The van der Waals surface area contributed by atoms with Gasteiger partial charge >= 0.3 is 0 Å². The molecule has 3 atom stereocenters. The second-order valence-electron chi connectivity index (χ2n) is 4.46. The van der Waals surface area contributed by atoms with Gasteiger partial charge in [-0.25, -0.2) is 0 Å². The molecule has 2 aliphatic rings. The summed E-state index contributed by atoms with van der Waals surface area (Å²) in [5.74, 6) is 1.17. The van der Waals surface area contributed by atoms with Crippen molar-refractivity contribution in [3.63, 3.8) is 0 Å². The number of hydrogen-bond donors (Lipinski definition) is 1. The molecule has 2 rings (SSSR count). The third-order valence-electron chi connectivity index (χ3n) is 3.27. The molecule has 1 aliphatic heterocycles. The van der Waals surface area contributed by atoms with E-state index in [-0.39, 0.29) is 0 Å². The van der Waals surface area contributed by atoms with Crippen molar-refractivity contribution in [2.75, 3.05) is 12.4 Å². The second-order valence-corrected chi connectivity index (χ2v) is 5.73. The summed E-state index contributed by atoms with van der Waals surface area (Å²) in [7, 11) is 0. The Morgan fingerprint density at radius 2 is 2.00 bits per heavy atom. The van der Waals surface area contributed by atoms with E-state index in [4.69, 9.17) is 10.5 Å². The van der Waals surface area contributed by atoms with E-state index >= 15 is 0 Å². The van der Waals surface area contributed by atoms with E-state index in [1.54, 1.807) is 0 Å². The van der Waals surface area contributed by atoms with Crippen molar-refractivity contribution in [3.8, 4) is 0 Å². The Morgan fingerprint density at radius 1 is 1.14 bits per heavy atom. The summed E-state index contributed by atoms with van der Waals surface area (Å²) in [6, 6.07) is 0.440. The molecule has 1 heterocycles. The molecule has 1 saturated heterocycles. The van der Waals surface area contributed by atoms with Crippen LogP contribution in [0.1, 0.15) is 38.5 Å².